The summed E-state index contributed by atoms with van der Waals surface area (Å²) in [5, 5.41) is 0. The van der Waals surface area contributed by atoms with E-state index in [1.807, 2.05) is 0 Å². The monoisotopic (exact) mass is 219 g/mol. The zero-order valence-electron chi connectivity index (χ0n) is 8.15. The fourth-order valence-corrected chi connectivity index (χ4v) is 2.85. The first kappa shape index (κ1) is 11.6. The van der Waals surface area contributed by atoms with Crippen LogP contribution in [0, 0.1) is 5.92 Å². The molecule has 1 heterocycles. The van der Waals surface area contributed by atoms with Crippen molar-refractivity contribution in [1.82, 2.24) is 9.03 Å². The van der Waals surface area contributed by atoms with Crippen molar-refractivity contribution < 1.29 is 8.42 Å². The van der Waals surface area contributed by atoms with Crippen molar-refractivity contribution in [2.75, 3.05) is 26.2 Å². The van der Waals surface area contributed by atoms with Crippen molar-refractivity contribution >= 4 is 10.2 Å². The number of rotatable bonds is 4. The van der Waals surface area contributed by atoms with E-state index in [1.54, 1.807) is 6.08 Å². The molecule has 0 saturated carbocycles. The van der Waals surface area contributed by atoms with Gasteiger partial charge in [0.2, 0.25) is 0 Å². The Hall–Kier alpha value is -0.430. The second-order valence-electron chi connectivity index (χ2n) is 3.40. The molecule has 0 aromatic carbocycles. The summed E-state index contributed by atoms with van der Waals surface area (Å²) in [7, 11) is -3.27. The topological polar surface area (TPSA) is 75.4 Å². The molecule has 5 nitrogen and oxygen atoms in total. The predicted octanol–water partition coefficient (Wildman–Crippen LogP) is -0.713. The Morgan fingerprint density at radius 2 is 2.36 bits per heavy atom. The highest BCUT2D eigenvalue weighted by molar-refractivity contribution is 7.87. The Morgan fingerprint density at radius 1 is 1.64 bits per heavy atom. The van der Waals surface area contributed by atoms with Gasteiger partial charge >= 0.3 is 0 Å². The van der Waals surface area contributed by atoms with Crippen LogP contribution in [0.5, 0.6) is 0 Å². The van der Waals surface area contributed by atoms with Crippen LogP contribution in [0.4, 0.5) is 0 Å². The Bertz CT molecular complexity index is 289. The fourth-order valence-electron chi connectivity index (χ4n) is 1.51. The van der Waals surface area contributed by atoms with Crippen LogP contribution in [0.1, 0.15) is 6.42 Å². The summed E-state index contributed by atoms with van der Waals surface area (Å²) in [5.41, 5.74) is 5.43. The van der Waals surface area contributed by atoms with Crippen molar-refractivity contribution in [3.63, 3.8) is 0 Å². The summed E-state index contributed by atoms with van der Waals surface area (Å²) in [6.07, 6.45) is 2.43. The maximum absolute atomic E-state index is 11.5. The lowest BCUT2D eigenvalue weighted by Gasteiger charge is -2.31. The molecule has 0 amide bonds. The minimum absolute atomic E-state index is 0.309. The molecule has 1 aliphatic heterocycles. The highest BCUT2D eigenvalue weighted by Gasteiger charge is 2.29. The third-order valence-electron chi connectivity index (χ3n) is 2.26. The Labute approximate surface area is 85.1 Å². The van der Waals surface area contributed by atoms with Crippen molar-refractivity contribution in [3.8, 4) is 0 Å². The molecular formula is C8H17N3O2S. The Morgan fingerprint density at radius 3 is 2.93 bits per heavy atom. The van der Waals surface area contributed by atoms with Gasteiger partial charge in [0.1, 0.15) is 0 Å². The van der Waals surface area contributed by atoms with Crippen LogP contribution in [0.3, 0.4) is 0 Å². The molecule has 1 atom stereocenters. The summed E-state index contributed by atoms with van der Waals surface area (Å²) in [6, 6.07) is 0. The highest BCUT2D eigenvalue weighted by Crippen LogP contribution is 2.13. The first-order chi connectivity index (χ1) is 6.60. The minimum Gasteiger partial charge on any atom is -0.330 e. The van der Waals surface area contributed by atoms with Gasteiger partial charge in [-0.2, -0.15) is 12.7 Å². The molecule has 1 unspecified atom stereocenters. The maximum Gasteiger partial charge on any atom is 0.279 e. The maximum atomic E-state index is 11.5. The summed E-state index contributed by atoms with van der Waals surface area (Å²) in [5.74, 6) is 0.309. The van der Waals surface area contributed by atoms with Crippen LogP contribution in [-0.2, 0) is 10.2 Å². The number of hydrogen-bond donors (Lipinski definition) is 2. The molecule has 1 saturated heterocycles. The van der Waals surface area contributed by atoms with Gasteiger partial charge in [0.15, 0.2) is 0 Å². The zero-order valence-corrected chi connectivity index (χ0v) is 8.96. The Balaban J connectivity index is 2.62. The molecule has 0 bridgehead atoms. The van der Waals surface area contributed by atoms with Crippen LogP contribution in [0.15, 0.2) is 12.7 Å². The van der Waals surface area contributed by atoms with Gasteiger partial charge in [-0.15, -0.1) is 6.58 Å². The van der Waals surface area contributed by atoms with Gasteiger partial charge in [0.05, 0.1) is 0 Å². The summed E-state index contributed by atoms with van der Waals surface area (Å²) < 4.78 is 26.8. The second-order valence-corrected chi connectivity index (χ2v) is 5.16. The van der Waals surface area contributed by atoms with Gasteiger partial charge in [0, 0.05) is 19.6 Å². The molecule has 1 rings (SSSR count). The third kappa shape index (κ3) is 2.78. The standard InChI is InChI=1S/C8H17N3O2S/c1-2-5-11-7-8(3-4-9)6-10-14(11,12)13/h2,8,10H,1,3-7,9H2. The van der Waals surface area contributed by atoms with E-state index in [1.165, 1.54) is 4.31 Å². The van der Waals surface area contributed by atoms with Crippen LogP contribution < -0.4 is 10.5 Å². The lowest BCUT2D eigenvalue weighted by molar-refractivity contribution is 0.315. The van der Waals surface area contributed by atoms with E-state index in [0.29, 0.717) is 32.1 Å². The Kier molecular flexibility index (Phi) is 4.06. The zero-order chi connectivity index (χ0) is 10.6. The number of nitrogens with zero attached hydrogens (tertiary/aromatic N) is 1. The lowest BCUT2D eigenvalue weighted by atomic mass is 10.1. The third-order valence-corrected chi connectivity index (χ3v) is 3.77. The first-order valence-corrected chi connectivity index (χ1v) is 6.10. The summed E-state index contributed by atoms with van der Waals surface area (Å²) >= 11 is 0. The predicted molar refractivity (Wildman–Crippen MR) is 55.9 cm³/mol. The molecule has 82 valence electrons. The smallest absolute Gasteiger partial charge is 0.279 e. The quantitative estimate of drug-likeness (QED) is 0.613. The molecule has 0 spiro atoms. The number of nitrogens with two attached hydrogens (primary N) is 1. The molecular weight excluding hydrogens is 202 g/mol. The molecule has 6 heteroatoms. The van der Waals surface area contributed by atoms with Gasteiger partial charge in [-0.25, -0.2) is 4.72 Å². The van der Waals surface area contributed by atoms with E-state index >= 15 is 0 Å². The number of nitrogens with one attached hydrogen (secondary N) is 1. The number of hydrogen-bond acceptors (Lipinski definition) is 3. The van der Waals surface area contributed by atoms with Crippen molar-refractivity contribution in [2.45, 2.75) is 6.42 Å². The normalized spacial score (nSPS) is 27.4. The van der Waals surface area contributed by atoms with E-state index in [4.69, 9.17) is 5.73 Å². The molecule has 0 aromatic heterocycles. The van der Waals surface area contributed by atoms with Gasteiger partial charge in [-0.1, -0.05) is 6.08 Å². The van der Waals surface area contributed by atoms with Gasteiger partial charge in [-0.05, 0) is 18.9 Å². The van der Waals surface area contributed by atoms with Crippen LogP contribution >= 0.6 is 0 Å². The van der Waals surface area contributed by atoms with Crippen molar-refractivity contribution in [2.24, 2.45) is 11.7 Å². The van der Waals surface area contributed by atoms with E-state index in [2.05, 4.69) is 11.3 Å². The average Bonchev–Trinajstić information content (AvgIpc) is 2.12. The van der Waals surface area contributed by atoms with Gasteiger partial charge in [-0.3, -0.25) is 0 Å². The fraction of sp³-hybridized carbons (Fsp3) is 0.750. The molecule has 3 N–H and O–H groups in total. The minimum atomic E-state index is -3.27. The van der Waals surface area contributed by atoms with Crippen LogP contribution in [0.2, 0.25) is 0 Å². The largest absolute Gasteiger partial charge is 0.330 e. The van der Waals surface area contributed by atoms with E-state index in [0.717, 1.165) is 6.42 Å². The lowest BCUT2D eigenvalue weighted by Crippen LogP contribution is -2.51. The van der Waals surface area contributed by atoms with Crippen LogP contribution in [-0.4, -0.2) is 38.9 Å². The van der Waals surface area contributed by atoms with E-state index in [9.17, 15) is 8.42 Å². The molecule has 1 fully saturated rings. The molecule has 0 radical (unpaired) electrons. The van der Waals surface area contributed by atoms with Crippen molar-refractivity contribution in [1.29, 1.82) is 0 Å². The van der Waals surface area contributed by atoms with Crippen LogP contribution in [0.25, 0.3) is 0 Å². The van der Waals surface area contributed by atoms with E-state index < -0.39 is 10.2 Å². The molecule has 0 aromatic rings. The summed E-state index contributed by atoms with van der Waals surface area (Å²) in [6.45, 7) is 5.52. The second kappa shape index (κ2) is 4.88. The van der Waals surface area contributed by atoms with Crippen molar-refractivity contribution in [3.05, 3.63) is 12.7 Å². The molecule has 14 heavy (non-hydrogen) atoms. The summed E-state index contributed by atoms with van der Waals surface area (Å²) in [4.78, 5) is 0. The van der Waals surface area contributed by atoms with Gasteiger partial charge in [0.25, 0.3) is 10.2 Å². The molecule has 0 aliphatic carbocycles. The SMILES string of the molecule is C=CCN1CC(CCN)CNS1(=O)=O. The van der Waals surface area contributed by atoms with Gasteiger partial charge < -0.3 is 5.73 Å². The highest BCUT2D eigenvalue weighted by atomic mass is 32.2. The average molecular weight is 219 g/mol. The first-order valence-electron chi connectivity index (χ1n) is 4.66. The molecule has 1 aliphatic rings. The van der Waals surface area contributed by atoms with E-state index in [-0.39, 0.29) is 0 Å².